The molecular weight excluding hydrogens is 529 g/mol. The van der Waals surface area contributed by atoms with Crippen molar-refractivity contribution in [3.8, 4) is 5.75 Å². The number of aliphatic imine (C=N–C) groups is 1. The molecular formula is C24H34IN7O. The Labute approximate surface area is 213 Å². The van der Waals surface area contributed by atoms with Crippen LogP contribution < -0.4 is 20.3 Å². The Morgan fingerprint density at radius 1 is 1.06 bits per heavy atom. The highest BCUT2D eigenvalue weighted by Crippen LogP contribution is 2.12. The summed E-state index contributed by atoms with van der Waals surface area (Å²) >= 11 is 0. The molecule has 9 heteroatoms. The number of para-hydroxylation sites is 1. The van der Waals surface area contributed by atoms with Crippen molar-refractivity contribution in [2.24, 2.45) is 12.0 Å². The Hall–Kier alpha value is -2.82. The molecule has 2 N–H and O–H groups in total. The number of guanidine groups is 1. The van der Waals surface area contributed by atoms with Crippen molar-refractivity contribution in [1.29, 1.82) is 0 Å². The van der Waals surface area contributed by atoms with E-state index in [1.807, 2.05) is 48.9 Å². The smallest absolute Gasteiger partial charge is 0.191 e. The van der Waals surface area contributed by atoms with Gasteiger partial charge in [-0.15, -0.1) is 34.2 Å². The van der Waals surface area contributed by atoms with Gasteiger partial charge in [-0.05, 0) is 43.2 Å². The normalized spacial score (nSPS) is 11.0. The molecule has 1 aromatic heterocycles. The Bertz CT molecular complexity index is 990. The largest absolute Gasteiger partial charge is 0.497 e. The Morgan fingerprint density at radius 2 is 1.79 bits per heavy atom. The lowest BCUT2D eigenvalue weighted by atomic mass is 10.2. The number of hydrogen-bond donors (Lipinski definition) is 2. The number of methoxy groups -OCH3 is 1. The molecule has 1 heterocycles. The number of benzene rings is 2. The molecule has 0 saturated heterocycles. The fourth-order valence-corrected chi connectivity index (χ4v) is 3.18. The number of ether oxygens (including phenoxy) is 1. The van der Waals surface area contributed by atoms with Crippen LogP contribution in [-0.4, -0.2) is 48.0 Å². The first-order valence-electron chi connectivity index (χ1n) is 10.8. The number of aromatic nitrogens is 3. The zero-order valence-corrected chi connectivity index (χ0v) is 22.1. The Balaban J connectivity index is 0.00000385. The molecule has 33 heavy (non-hydrogen) atoms. The molecule has 2 aromatic carbocycles. The zero-order valence-electron chi connectivity index (χ0n) is 19.8. The lowest BCUT2D eigenvalue weighted by Crippen LogP contribution is -2.39. The summed E-state index contributed by atoms with van der Waals surface area (Å²) in [5, 5.41) is 15.2. The van der Waals surface area contributed by atoms with E-state index in [-0.39, 0.29) is 24.0 Å². The predicted octanol–water partition coefficient (Wildman–Crippen LogP) is 3.51. The van der Waals surface area contributed by atoms with Crippen LogP contribution >= 0.6 is 24.0 Å². The SMILES string of the molecule is COc1ccc(CN=C(NCCCN(C)c2ccccc2)NCc2nnc(C)n2C)cc1.I. The highest BCUT2D eigenvalue weighted by atomic mass is 127. The maximum absolute atomic E-state index is 5.23. The molecule has 8 nitrogen and oxygen atoms in total. The van der Waals surface area contributed by atoms with Crippen LogP contribution in [0, 0.1) is 6.92 Å². The second kappa shape index (κ2) is 13.7. The minimum atomic E-state index is 0. The molecule has 0 unspecified atom stereocenters. The van der Waals surface area contributed by atoms with Crippen LogP contribution in [0.25, 0.3) is 0 Å². The summed E-state index contributed by atoms with van der Waals surface area (Å²) in [4.78, 5) is 7.01. The van der Waals surface area contributed by atoms with Gasteiger partial charge in [0, 0.05) is 32.9 Å². The number of hydrogen-bond acceptors (Lipinski definition) is 5. The molecule has 0 amide bonds. The van der Waals surface area contributed by atoms with Gasteiger partial charge in [0.05, 0.1) is 20.2 Å². The highest BCUT2D eigenvalue weighted by molar-refractivity contribution is 14.0. The quantitative estimate of drug-likeness (QED) is 0.170. The third-order valence-electron chi connectivity index (χ3n) is 5.34. The van der Waals surface area contributed by atoms with Crippen LogP contribution in [0.15, 0.2) is 59.6 Å². The van der Waals surface area contributed by atoms with Crippen molar-refractivity contribution >= 4 is 35.6 Å². The van der Waals surface area contributed by atoms with Crippen LogP contribution in [0.1, 0.15) is 23.6 Å². The first-order valence-corrected chi connectivity index (χ1v) is 10.8. The molecule has 3 rings (SSSR count). The van der Waals surface area contributed by atoms with Gasteiger partial charge in [-0.1, -0.05) is 30.3 Å². The molecule has 0 radical (unpaired) electrons. The zero-order chi connectivity index (χ0) is 22.8. The Morgan fingerprint density at radius 3 is 2.42 bits per heavy atom. The van der Waals surface area contributed by atoms with Gasteiger partial charge >= 0.3 is 0 Å². The fraction of sp³-hybridized carbons (Fsp3) is 0.375. The Kier molecular flexibility index (Phi) is 10.9. The maximum Gasteiger partial charge on any atom is 0.191 e. The van der Waals surface area contributed by atoms with Crippen LogP contribution in [0.5, 0.6) is 5.75 Å². The van der Waals surface area contributed by atoms with Crippen LogP contribution in [0.4, 0.5) is 5.69 Å². The van der Waals surface area contributed by atoms with Crippen molar-refractivity contribution in [3.05, 3.63) is 71.8 Å². The van der Waals surface area contributed by atoms with Crippen LogP contribution in [0.3, 0.4) is 0 Å². The van der Waals surface area contributed by atoms with Gasteiger partial charge in [-0.3, -0.25) is 0 Å². The lowest BCUT2D eigenvalue weighted by Gasteiger charge is -2.19. The first kappa shape index (κ1) is 26.4. The monoisotopic (exact) mass is 563 g/mol. The predicted molar refractivity (Wildman–Crippen MR) is 144 cm³/mol. The molecule has 0 aliphatic heterocycles. The maximum atomic E-state index is 5.23. The topological polar surface area (TPSA) is 79.6 Å². The number of aryl methyl sites for hydroxylation is 1. The molecule has 178 valence electrons. The van der Waals surface area contributed by atoms with Gasteiger partial charge in [0.15, 0.2) is 11.8 Å². The standard InChI is InChI=1S/C24H33N7O.HI/c1-19-28-29-23(31(19)3)18-27-24(26-17-20-11-13-22(32-4)14-12-20)25-15-8-16-30(2)21-9-6-5-7-10-21;/h5-7,9-14H,8,15-18H2,1-4H3,(H2,25,26,27);1H. The molecule has 0 aliphatic carbocycles. The number of halogens is 1. The molecule has 0 bridgehead atoms. The molecule has 0 aliphatic rings. The third-order valence-corrected chi connectivity index (χ3v) is 5.34. The van der Waals surface area contributed by atoms with Gasteiger partial charge in [-0.25, -0.2) is 4.99 Å². The summed E-state index contributed by atoms with van der Waals surface area (Å²) in [5.74, 6) is 3.35. The van der Waals surface area contributed by atoms with Crippen molar-refractivity contribution in [2.45, 2.75) is 26.4 Å². The van der Waals surface area contributed by atoms with E-state index >= 15 is 0 Å². The second-order valence-corrected chi connectivity index (χ2v) is 7.63. The minimum absolute atomic E-state index is 0. The molecule has 0 fully saturated rings. The van der Waals surface area contributed by atoms with Crippen molar-refractivity contribution in [2.75, 3.05) is 32.1 Å². The average Bonchev–Trinajstić information content (AvgIpc) is 3.16. The number of nitrogens with zero attached hydrogens (tertiary/aromatic N) is 5. The molecule has 3 aromatic rings. The van der Waals surface area contributed by atoms with E-state index in [1.165, 1.54) is 5.69 Å². The van der Waals surface area contributed by atoms with Gasteiger partial charge in [-0.2, -0.15) is 0 Å². The van der Waals surface area contributed by atoms with E-state index in [4.69, 9.17) is 9.73 Å². The van der Waals surface area contributed by atoms with Gasteiger partial charge < -0.3 is 24.8 Å². The van der Waals surface area contributed by atoms with E-state index in [9.17, 15) is 0 Å². The summed E-state index contributed by atoms with van der Waals surface area (Å²) in [6.45, 7) is 4.82. The fourth-order valence-electron chi connectivity index (χ4n) is 3.18. The van der Waals surface area contributed by atoms with Gasteiger partial charge in [0.25, 0.3) is 0 Å². The van der Waals surface area contributed by atoms with E-state index < -0.39 is 0 Å². The van der Waals surface area contributed by atoms with Crippen molar-refractivity contribution in [3.63, 3.8) is 0 Å². The van der Waals surface area contributed by atoms with Crippen molar-refractivity contribution in [1.82, 2.24) is 25.4 Å². The van der Waals surface area contributed by atoms with Crippen LogP contribution in [-0.2, 0) is 20.1 Å². The number of nitrogens with one attached hydrogen (secondary N) is 2. The van der Waals surface area contributed by atoms with E-state index in [2.05, 4.69) is 57.0 Å². The van der Waals surface area contributed by atoms with Gasteiger partial charge in [0.1, 0.15) is 11.6 Å². The lowest BCUT2D eigenvalue weighted by molar-refractivity contribution is 0.414. The molecule has 0 spiro atoms. The number of anilines is 1. The first-order chi connectivity index (χ1) is 15.6. The molecule has 0 saturated carbocycles. The average molecular weight is 563 g/mol. The van der Waals surface area contributed by atoms with E-state index in [0.717, 1.165) is 48.4 Å². The van der Waals surface area contributed by atoms with E-state index in [0.29, 0.717) is 13.1 Å². The number of rotatable bonds is 10. The van der Waals surface area contributed by atoms with E-state index in [1.54, 1.807) is 7.11 Å². The third kappa shape index (κ3) is 8.23. The summed E-state index contributed by atoms with van der Waals surface area (Å²) in [5.41, 5.74) is 2.34. The minimum Gasteiger partial charge on any atom is -0.497 e. The summed E-state index contributed by atoms with van der Waals surface area (Å²) in [6, 6.07) is 18.4. The second-order valence-electron chi connectivity index (χ2n) is 7.63. The summed E-state index contributed by atoms with van der Waals surface area (Å²) in [6.07, 6.45) is 0.984. The molecule has 0 atom stereocenters. The summed E-state index contributed by atoms with van der Waals surface area (Å²) < 4.78 is 7.21. The summed E-state index contributed by atoms with van der Waals surface area (Å²) in [7, 11) is 5.75. The highest BCUT2D eigenvalue weighted by Gasteiger charge is 2.07. The van der Waals surface area contributed by atoms with Crippen LogP contribution in [0.2, 0.25) is 0 Å². The van der Waals surface area contributed by atoms with Crippen molar-refractivity contribution < 1.29 is 4.74 Å². The van der Waals surface area contributed by atoms with Gasteiger partial charge in [0.2, 0.25) is 0 Å².